The first kappa shape index (κ1) is 27.8. The van der Waals surface area contributed by atoms with Crippen LogP contribution in [-0.4, -0.2) is 9.97 Å². The Morgan fingerprint density at radius 2 is 0.902 bits per heavy atom. The first-order chi connectivity index (χ1) is 19.3. The van der Waals surface area contributed by atoms with E-state index in [0.717, 1.165) is 11.4 Å². The van der Waals surface area contributed by atoms with Crippen molar-refractivity contribution in [3.05, 3.63) is 167 Å². The normalized spacial score (nSPS) is 16.6. The second-order valence-electron chi connectivity index (χ2n) is 10.2. The maximum absolute atomic E-state index is 4.79. The molecule has 2 unspecified atom stereocenters. The fourth-order valence-corrected chi connectivity index (χ4v) is 12.6. The van der Waals surface area contributed by atoms with E-state index in [2.05, 4.69) is 109 Å². The molecule has 0 aliphatic heterocycles. The molecule has 2 nitrogen and oxygen atoms in total. The van der Waals surface area contributed by atoms with E-state index in [4.69, 9.17) is 9.97 Å². The Kier molecular flexibility index (Phi) is 7.78. The van der Waals surface area contributed by atoms with Crippen molar-refractivity contribution in [2.75, 3.05) is 0 Å². The van der Waals surface area contributed by atoms with Gasteiger partial charge in [0.2, 0.25) is 0 Å². The summed E-state index contributed by atoms with van der Waals surface area (Å²) in [6.07, 6.45) is 8.93. The van der Waals surface area contributed by atoms with E-state index in [1.807, 2.05) is 24.5 Å². The molecule has 0 saturated heterocycles. The molecule has 2 heterocycles. The maximum atomic E-state index is 4.79. The molecule has 2 aliphatic rings. The number of hydrogen-bond donors (Lipinski definition) is 0. The molecule has 6 aromatic rings. The molecule has 0 amide bonds. The number of hydrogen-bond acceptors (Lipinski definition) is 2. The van der Waals surface area contributed by atoms with Crippen molar-refractivity contribution in [1.82, 2.24) is 9.97 Å². The summed E-state index contributed by atoms with van der Waals surface area (Å²) in [6.45, 7) is 0. The largest absolute Gasteiger partial charge is 1.00 e. The zero-order valence-corrected chi connectivity index (χ0v) is 27.1. The number of pyridine rings is 2. The Morgan fingerprint density at radius 1 is 0.463 bits per heavy atom. The summed E-state index contributed by atoms with van der Waals surface area (Å²) >= 11 is -1.34. The minimum atomic E-state index is -1.34. The van der Waals surface area contributed by atoms with Crippen LogP contribution < -0.4 is 24.8 Å². The minimum absolute atomic E-state index is 0. The van der Waals surface area contributed by atoms with Crippen LogP contribution in [0.15, 0.2) is 134 Å². The summed E-state index contributed by atoms with van der Waals surface area (Å²) in [7, 11) is 0. The van der Waals surface area contributed by atoms with Gasteiger partial charge in [0.15, 0.2) is 0 Å². The van der Waals surface area contributed by atoms with E-state index in [1.54, 1.807) is 0 Å². The third-order valence-corrected chi connectivity index (χ3v) is 14.1. The van der Waals surface area contributed by atoms with Gasteiger partial charge in [-0.1, -0.05) is 0 Å². The van der Waals surface area contributed by atoms with E-state index < -0.39 is 22.9 Å². The molecule has 2 aliphatic carbocycles. The monoisotopic (exact) mass is 734 g/mol. The smallest absolute Gasteiger partial charge is 1.00 e. The standard InChI is InChI=1S/2C18H12N.2ClH.Hf/c2*1-2-6-15-13(5-1)8-9-14-10-11-16(18(14)15)17-7-3-4-12-19-17;;;/h2*1-12H;2*1H;/q;;;;+2/p-2. The van der Waals surface area contributed by atoms with Crippen molar-refractivity contribution >= 4 is 32.7 Å². The molecular weight excluding hydrogens is 710 g/mol. The topological polar surface area (TPSA) is 25.8 Å². The predicted octanol–water partition coefficient (Wildman–Crippen LogP) is 2.55. The number of rotatable bonds is 4. The van der Waals surface area contributed by atoms with Crippen LogP contribution in [0.1, 0.15) is 41.0 Å². The SMILES string of the molecule is C1=C(c2ccccn2)c2c(ccc3ccccc23)[CH]1[Hf+2][CH]1C=C(c2ccccn2)c2c1ccc1ccccc21.[Cl-].[Cl-]. The number of allylic oxidation sites excluding steroid dienone is 2. The van der Waals surface area contributed by atoms with E-state index in [9.17, 15) is 0 Å². The van der Waals surface area contributed by atoms with Gasteiger partial charge in [0, 0.05) is 0 Å². The van der Waals surface area contributed by atoms with Crippen LogP contribution in [0.25, 0.3) is 32.7 Å². The second kappa shape index (κ2) is 11.5. The fraction of sp³-hybridized carbons (Fsp3) is 0.0556. The van der Waals surface area contributed by atoms with Crippen LogP contribution in [-0.2, 0) is 22.9 Å². The minimum Gasteiger partial charge on any atom is -1.00 e. The van der Waals surface area contributed by atoms with Crippen LogP contribution in [0.3, 0.4) is 0 Å². The van der Waals surface area contributed by atoms with Gasteiger partial charge in [-0.05, 0) is 0 Å². The molecule has 0 bridgehead atoms. The molecule has 2 aromatic heterocycles. The number of aromatic nitrogens is 2. The summed E-state index contributed by atoms with van der Waals surface area (Å²) < 4.78 is 0.982. The summed E-state index contributed by atoms with van der Waals surface area (Å²) in [6, 6.07) is 39.5. The Balaban J connectivity index is 0.00000151. The molecule has 4 aromatic carbocycles. The van der Waals surface area contributed by atoms with Crippen LogP contribution in [0, 0.1) is 0 Å². The molecule has 0 N–H and O–H groups in total. The third-order valence-electron chi connectivity index (χ3n) is 8.04. The molecule has 2 atom stereocenters. The predicted molar refractivity (Wildman–Crippen MR) is 156 cm³/mol. The van der Waals surface area contributed by atoms with Crippen molar-refractivity contribution in [2.24, 2.45) is 0 Å². The first-order valence-corrected chi connectivity index (χ1v) is 17.6. The van der Waals surface area contributed by atoms with Gasteiger partial charge in [0.1, 0.15) is 0 Å². The van der Waals surface area contributed by atoms with Gasteiger partial charge < -0.3 is 24.8 Å². The maximum Gasteiger partial charge on any atom is -1.00 e. The zero-order valence-electron chi connectivity index (χ0n) is 22.0. The van der Waals surface area contributed by atoms with Crippen molar-refractivity contribution in [3.63, 3.8) is 0 Å². The Bertz CT molecular complexity index is 1810. The number of halogens is 2. The summed E-state index contributed by atoms with van der Waals surface area (Å²) in [5, 5.41) is 5.25. The van der Waals surface area contributed by atoms with Crippen LogP contribution in [0.4, 0.5) is 0 Å². The van der Waals surface area contributed by atoms with Gasteiger partial charge in [-0.3, -0.25) is 0 Å². The first-order valence-electron chi connectivity index (χ1n) is 13.4. The molecule has 196 valence electrons. The van der Waals surface area contributed by atoms with E-state index in [1.165, 1.54) is 54.9 Å². The molecule has 0 spiro atoms. The van der Waals surface area contributed by atoms with Gasteiger partial charge in [0.25, 0.3) is 0 Å². The molecule has 0 fully saturated rings. The van der Waals surface area contributed by atoms with Crippen molar-refractivity contribution in [2.45, 2.75) is 7.35 Å². The number of fused-ring (bicyclic) bond motifs is 6. The summed E-state index contributed by atoms with van der Waals surface area (Å²) in [5.74, 6) is 0. The van der Waals surface area contributed by atoms with Crippen molar-refractivity contribution in [1.29, 1.82) is 0 Å². The van der Waals surface area contributed by atoms with Gasteiger partial charge in [-0.25, -0.2) is 0 Å². The number of benzene rings is 4. The molecule has 8 rings (SSSR count). The molecule has 0 radical (unpaired) electrons. The fourth-order valence-electron chi connectivity index (χ4n) is 6.32. The van der Waals surface area contributed by atoms with Gasteiger partial charge >= 0.3 is 240 Å². The summed E-state index contributed by atoms with van der Waals surface area (Å²) in [5.41, 5.74) is 10.5. The summed E-state index contributed by atoms with van der Waals surface area (Å²) in [4.78, 5) is 9.58. The van der Waals surface area contributed by atoms with E-state index in [0.29, 0.717) is 7.35 Å². The van der Waals surface area contributed by atoms with E-state index in [-0.39, 0.29) is 24.8 Å². The average molecular weight is 734 g/mol. The third kappa shape index (κ3) is 4.70. The van der Waals surface area contributed by atoms with Crippen LogP contribution >= 0.6 is 0 Å². The van der Waals surface area contributed by atoms with Crippen LogP contribution in [0.2, 0.25) is 0 Å². The Morgan fingerprint density at radius 3 is 1.34 bits per heavy atom. The molecule has 41 heavy (non-hydrogen) atoms. The quantitative estimate of drug-likeness (QED) is 0.261. The molecule has 5 heteroatoms. The van der Waals surface area contributed by atoms with E-state index >= 15 is 0 Å². The van der Waals surface area contributed by atoms with Gasteiger partial charge in [-0.15, -0.1) is 0 Å². The number of nitrogens with zero attached hydrogens (tertiary/aromatic N) is 2. The van der Waals surface area contributed by atoms with Crippen LogP contribution in [0.5, 0.6) is 0 Å². The van der Waals surface area contributed by atoms with Gasteiger partial charge in [-0.2, -0.15) is 0 Å². The Hall–Kier alpha value is -3.37. The molecular formula is C36H24Cl2HfN2. The average Bonchev–Trinajstić information content (AvgIpc) is 3.57. The molecule has 0 saturated carbocycles. The van der Waals surface area contributed by atoms with Crippen molar-refractivity contribution < 1.29 is 47.7 Å². The zero-order chi connectivity index (χ0) is 25.8. The van der Waals surface area contributed by atoms with Crippen molar-refractivity contribution in [3.8, 4) is 0 Å². The second-order valence-corrected chi connectivity index (χ2v) is 15.9. The van der Waals surface area contributed by atoms with Gasteiger partial charge in [0.05, 0.1) is 0 Å². The Labute approximate surface area is 263 Å².